The van der Waals surface area contributed by atoms with Gasteiger partial charge in [-0.15, -0.1) is 0 Å². The Morgan fingerprint density at radius 3 is 1.86 bits per heavy atom. The summed E-state index contributed by atoms with van der Waals surface area (Å²) in [5.41, 5.74) is 11.4. The zero-order valence-electron chi connectivity index (χ0n) is 20.5. The summed E-state index contributed by atoms with van der Waals surface area (Å²) in [6.45, 7) is 5.79. The Morgan fingerprint density at radius 1 is 0.800 bits per heavy atom. The van der Waals surface area contributed by atoms with Gasteiger partial charge in [-0.3, -0.25) is 0 Å². The van der Waals surface area contributed by atoms with Gasteiger partial charge in [0.1, 0.15) is 0 Å². The lowest BCUT2D eigenvalue weighted by Gasteiger charge is -2.23. The number of rotatable bonds is 2. The minimum Gasteiger partial charge on any atom is -0.398 e. The van der Waals surface area contributed by atoms with Crippen LogP contribution < -0.4 is 11.9 Å². The van der Waals surface area contributed by atoms with E-state index in [0.29, 0.717) is 0 Å². The van der Waals surface area contributed by atoms with Crippen molar-refractivity contribution in [3.8, 4) is 0 Å². The van der Waals surface area contributed by atoms with Crippen LogP contribution in [0.4, 0.5) is 5.69 Å². The summed E-state index contributed by atoms with van der Waals surface area (Å²) in [5.74, 6) is 0. The molecule has 5 N–H and O–H groups in total. The predicted molar refractivity (Wildman–Crippen MR) is 144 cm³/mol. The monoisotopic (exact) mass is 542 g/mol. The fraction of sp³-hybridized carbons (Fsp3) is 0.462. The number of aromatic nitrogens is 4. The number of nitrogens with two attached hydrogens (primary N) is 1. The molecule has 2 aliphatic rings. The summed E-state index contributed by atoms with van der Waals surface area (Å²) in [4.78, 5) is 0. The van der Waals surface area contributed by atoms with Crippen LogP contribution >= 0.6 is 15.9 Å². The maximum atomic E-state index is 6.07. The van der Waals surface area contributed by atoms with Gasteiger partial charge < -0.3 is 21.4 Å². The van der Waals surface area contributed by atoms with Crippen LogP contribution in [0.2, 0.25) is 0 Å². The van der Waals surface area contributed by atoms with Crippen LogP contribution in [0.5, 0.6) is 0 Å². The molecule has 35 heavy (non-hydrogen) atoms. The summed E-state index contributed by atoms with van der Waals surface area (Å²) < 4.78 is 16.7. The number of aryl methyl sites for hydroxylation is 2. The van der Waals surface area contributed by atoms with Crippen LogP contribution in [0.1, 0.15) is 62.1 Å². The van der Waals surface area contributed by atoms with Crippen molar-refractivity contribution in [2.24, 2.45) is 0 Å². The van der Waals surface area contributed by atoms with Crippen LogP contribution in [0.25, 0.3) is 21.8 Å². The highest BCUT2D eigenvalue weighted by atomic mass is 79.9. The maximum Gasteiger partial charge on any atom is 0.150 e. The number of fused-ring (bicyclic) bond motifs is 2. The summed E-state index contributed by atoms with van der Waals surface area (Å²) in [6.07, 6.45) is 10.8. The third kappa shape index (κ3) is 5.09. The first-order valence-corrected chi connectivity index (χ1v) is 12.9. The van der Waals surface area contributed by atoms with Crippen molar-refractivity contribution in [3.05, 3.63) is 52.3 Å². The van der Waals surface area contributed by atoms with Crippen LogP contribution in [0.15, 0.2) is 41.1 Å². The standard InChI is InChI=1S/C13H15BrN2O.C13H17N3O.H3N/c2*1-9-5-6-11-10(13(9)14)8-15-16(11)12-4-2-3-7-17-12;/h5-6,8,12H,2-4,7H2,1H3;5-6,8,12H,2-4,7,14H2,1H3;1H3. The van der Waals surface area contributed by atoms with E-state index in [4.69, 9.17) is 15.2 Å². The second-order valence-electron chi connectivity index (χ2n) is 9.18. The van der Waals surface area contributed by atoms with Crippen molar-refractivity contribution in [2.75, 3.05) is 18.9 Å². The van der Waals surface area contributed by atoms with Gasteiger partial charge in [-0.05, 0) is 91.6 Å². The highest BCUT2D eigenvalue weighted by Gasteiger charge is 2.20. The lowest BCUT2D eigenvalue weighted by atomic mass is 10.1. The van der Waals surface area contributed by atoms with Crippen molar-refractivity contribution < 1.29 is 9.47 Å². The number of nitrogen functional groups attached to an aromatic ring is 1. The first-order valence-electron chi connectivity index (χ1n) is 12.1. The van der Waals surface area contributed by atoms with Crippen LogP contribution in [-0.2, 0) is 9.47 Å². The Hall–Kier alpha value is -2.46. The van der Waals surface area contributed by atoms with Gasteiger partial charge in [-0.25, -0.2) is 9.36 Å². The normalized spacial score (nSPS) is 20.3. The van der Waals surface area contributed by atoms with Crippen LogP contribution in [0, 0.1) is 13.8 Å². The molecule has 2 atom stereocenters. The summed E-state index contributed by atoms with van der Waals surface area (Å²) >= 11 is 3.62. The Morgan fingerprint density at radius 2 is 1.31 bits per heavy atom. The summed E-state index contributed by atoms with van der Waals surface area (Å²) in [5, 5.41) is 11.1. The number of hydrogen-bond donors (Lipinski definition) is 2. The van der Waals surface area contributed by atoms with Gasteiger partial charge in [-0.1, -0.05) is 12.1 Å². The van der Waals surface area contributed by atoms with E-state index in [9.17, 15) is 0 Å². The molecule has 0 bridgehead atoms. The molecule has 4 aromatic rings. The smallest absolute Gasteiger partial charge is 0.150 e. The SMILES string of the molecule is Cc1ccc2c(cnn2C2CCCCO2)c1Br.Cc1ccc2c(cnn2C2CCCCO2)c1N.N. The predicted octanol–water partition coefficient (Wildman–Crippen LogP) is 6.59. The van der Waals surface area contributed by atoms with E-state index >= 15 is 0 Å². The van der Waals surface area contributed by atoms with Crippen molar-refractivity contribution in [1.82, 2.24) is 25.7 Å². The van der Waals surface area contributed by atoms with Gasteiger partial charge in [0, 0.05) is 34.1 Å². The molecule has 2 aromatic heterocycles. The number of benzene rings is 2. The molecule has 188 valence electrons. The molecule has 8 nitrogen and oxygen atoms in total. The minimum absolute atomic E-state index is 0. The lowest BCUT2D eigenvalue weighted by molar-refractivity contribution is -0.0367. The molecule has 0 amide bonds. The fourth-order valence-electron chi connectivity index (χ4n) is 4.74. The molecular weight excluding hydrogens is 508 g/mol. The number of ether oxygens (including phenoxy) is 2. The fourth-order valence-corrected chi connectivity index (χ4v) is 5.18. The van der Waals surface area contributed by atoms with E-state index in [1.54, 1.807) is 0 Å². The van der Waals surface area contributed by atoms with Crippen molar-refractivity contribution in [1.29, 1.82) is 0 Å². The Kier molecular flexibility index (Phi) is 8.11. The zero-order chi connectivity index (χ0) is 23.7. The highest BCUT2D eigenvalue weighted by Crippen LogP contribution is 2.32. The van der Waals surface area contributed by atoms with E-state index < -0.39 is 0 Å². The Labute approximate surface area is 214 Å². The topological polar surface area (TPSA) is 115 Å². The molecular formula is C26H35BrN6O2. The van der Waals surface area contributed by atoms with Crippen LogP contribution in [0.3, 0.4) is 0 Å². The van der Waals surface area contributed by atoms with E-state index in [0.717, 1.165) is 64.6 Å². The van der Waals surface area contributed by atoms with E-state index in [-0.39, 0.29) is 18.6 Å². The van der Waals surface area contributed by atoms with E-state index in [1.807, 2.05) is 34.7 Å². The van der Waals surface area contributed by atoms with Crippen molar-refractivity contribution >= 4 is 43.4 Å². The molecule has 2 aromatic carbocycles. The number of anilines is 1. The third-order valence-electron chi connectivity index (χ3n) is 6.80. The largest absolute Gasteiger partial charge is 0.398 e. The summed E-state index contributed by atoms with van der Waals surface area (Å²) in [6, 6.07) is 8.36. The summed E-state index contributed by atoms with van der Waals surface area (Å²) in [7, 11) is 0. The molecule has 4 heterocycles. The molecule has 0 saturated carbocycles. The van der Waals surface area contributed by atoms with E-state index in [2.05, 4.69) is 51.3 Å². The Balaban J connectivity index is 0.000000160. The van der Waals surface area contributed by atoms with Crippen molar-refractivity contribution in [2.45, 2.75) is 64.8 Å². The highest BCUT2D eigenvalue weighted by molar-refractivity contribution is 9.10. The molecule has 2 aliphatic heterocycles. The van der Waals surface area contributed by atoms with Gasteiger partial charge in [0.05, 0.1) is 23.4 Å². The molecule has 0 spiro atoms. The van der Waals surface area contributed by atoms with Gasteiger partial charge in [0.2, 0.25) is 0 Å². The second-order valence-corrected chi connectivity index (χ2v) is 9.97. The van der Waals surface area contributed by atoms with Crippen molar-refractivity contribution in [3.63, 3.8) is 0 Å². The molecule has 9 heteroatoms. The average Bonchev–Trinajstić information content (AvgIpc) is 3.51. The molecule has 0 aliphatic carbocycles. The maximum absolute atomic E-state index is 6.07. The van der Waals surface area contributed by atoms with Crippen LogP contribution in [-0.4, -0.2) is 32.8 Å². The number of halogens is 1. The number of nitrogens with zero attached hydrogens (tertiary/aromatic N) is 4. The quantitative estimate of drug-likeness (QED) is 0.276. The van der Waals surface area contributed by atoms with E-state index in [1.165, 1.54) is 30.2 Å². The average molecular weight is 544 g/mol. The molecule has 0 radical (unpaired) electrons. The minimum atomic E-state index is 0. The van der Waals surface area contributed by atoms with Gasteiger partial charge in [-0.2, -0.15) is 10.2 Å². The Bertz CT molecular complexity index is 1190. The first kappa shape index (κ1) is 25.6. The first-order chi connectivity index (χ1) is 16.5. The van der Waals surface area contributed by atoms with Gasteiger partial charge >= 0.3 is 0 Å². The lowest BCUT2D eigenvalue weighted by Crippen LogP contribution is -2.18. The molecule has 2 saturated heterocycles. The number of hydrogen-bond acceptors (Lipinski definition) is 6. The zero-order valence-corrected chi connectivity index (χ0v) is 22.1. The third-order valence-corrected chi connectivity index (χ3v) is 7.86. The molecule has 2 unspecified atom stereocenters. The second kappa shape index (κ2) is 11.1. The molecule has 2 fully saturated rings. The molecule has 6 rings (SSSR count). The van der Waals surface area contributed by atoms with Gasteiger partial charge in [0.25, 0.3) is 0 Å². The van der Waals surface area contributed by atoms with Gasteiger partial charge in [0.15, 0.2) is 12.5 Å².